The highest BCUT2D eigenvalue weighted by molar-refractivity contribution is 7.20. The Bertz CT molecular complexity index is 1020. The molecule has 0 bridgehead atoms. The molecule has 1 aliphatic heterocycles. The van der Waals surface area contributed by atoms with Gasteiger partial charge in [-0.3, -0.25) is 0 Å². The zero-order valence-corrected chi connectivity index (χ0v) is 15.7. The van der Waals surface area contributed by atoms with Crippen molar-refractivity contribution in [2.75, 3.05) is 18.5 Å². The number of thiophene rings is 1. The van der Waals surface area contributed by atoms with Gasteiger partial charge in [-0.05, 0) is 37.6 Å². The molecule has 3 aromatic rings. The monoisotopic (exact) mass is 387 g/mol. The number of anilines is 1. The Morgan fingerprint density at radius 3 is 3.11 bits per heavy atom. The van der Waals surface area contributed by atoms with E-state index in [4.69, 9.17) is 9.47 Å². The number of rotatable bonds is 4. The molecule has 6 nitrogen and oxygen atoms in total. The standard InChI is InChI=1S/C19H18FN3O3S/c1-3-25-19(24)16-10(2)15-17(21-9-22-18(15)27-16)23-13-6-7-26-14-5-4-11(20)8-12(13)14/h4-5,8-9,13H,3,6-7H2,1-2H3,(H,21,22,23). The first kappa shape index (κ1) is 17.7. The van der Waals surface area contributed by atoms with Crippen LogP contribution in [0.3, 0.4) is 0 Å². The van der Waals surface area contributed by atoms with Crippen LogP contribution in [-0.2, 0) is 4.74 Å². The maximum absolute atomic E-state index is 13.7. The van der Waals surface area contributed by atoms with Crippen LogP contribution in [0.25, 0.3) is 10.2 Å². The molecule has 8 heteroatoms. The highest BCUT2D eigenvalue weighted by atomic mass is 32.1. The molecule has 1 N–H and O–H groups in total. The molecule has 4 rings (SSSR count). The van der Waals surface area contributed by atoms with Gasteiger partial charge in [0.1, 0.15) is 33.4 Å². The van der Waals surface area contributed by atoms with E-state index in [1.165, 1.54) is 29.8 Å². The fourth-order valence-electron chi connectivity index (χ4n) is 3.25. The van der Waals surface area contributed by atoms with Crippen LogP contribution in [0.4, 0.5) is 10.2 Å². The minimum absolute atomic E-state index is 0.145. The number of carbonyl (C=O) groups is 1. The molecule has 1 aliphatic rings. The van der Waals surface area contributed by atoms with E-state index in [1.54, 1.807) is 13.0 Å². The summed E-state index contributed by atoms with van der Waals surface area (Å²) >= 11 is 1.29. The summed E-state index contributed by atoms with van der Waals surface area (Å²) in [6.07, 6.45) is 2.14. The number of aromatic nitrogens is 2. The van der Waals surface area contributed by atoms with Crippen molar-refractivity contribution >= 4 is 33.3 Å². The lowest BCUT2D eigenvalue weighted by atomic mass is 10.00. The predicted molar refractivity (Wildman–Crippen MR) is 101 cm³/mol. The van der Waals surface area contributed by atoms with Crippen LogP contribution < -0.4 is 10.1 Å². The first-order valence-corrected chi connectivity index (χ1v) is 9.50. The Hall–Kier alpha value is -2.74. The number of aryl methyl sites for hydroxylation is 1. The van der Waals surface area contributed by atoms with Crippen LogP contribution in [0.15, 0.2) is 24.5 Å². The van der Waals surface area contributed by atoms with Gasteiger partial charge in [0.25, 0.3) is 0 Å². The van der Waals surface area contributed by atoms with E-state index in [1.807, 2.05) is 6.92 Å². The molecule has 0 amide bonds. The molecule has 0 spiro atoms. The summed E-state index contributed by atoms with van der Waals surface area (Å²) in [4.78, 5) is 22.1. The van der Waals surface area contributed by atoms with Gasteiger partial charge in [0, 0.05) is 12.0 Å². The summed E-state index contributed by atoms with van der Waals surface area (Å²) in [5.41, 5.74) is 1.54. The molecule has 0 saturated heterocycles. The zero-order valence-electron chi connectivity index (χ0n) is 14.9. The third kappa shape index (κ3) is 3.21. The van der Waals surface area contributed by atoms with Crippen molar-refractivity contribution in [3.8, 4) is 5.75 Å². The molecule has 3 heterocycles. The predicted octanol–water partition coefficient (Wildman–Crippen LogP) is 4.25. The lowest BCUT2D eigenvalue weighted by Crippen LogP contribution is -2.21. The van der Waals surface area contributed by atoms with Crippen LogP contribution >= 0.6 is 11.3 Å². The first-order valence-electron chi connectivity index (χ1n) is 8.68. The van der Waals surface area contributed by atoms with Gasteiger partial charge in [0.15, 0.2) is 0 Å². The number of fused-ring (bicyclic) bond motifs is 2. The van der Waals surface area contributed by atoms with E-state index in [9.17, 15) is 9.18 Å². The number of nitrogens with one attached hydrogen (secondary N) is 1. The van der Waals surface area contributed by atoms with Crippen LogP contribution in [0.5, 0.6) is 5.75 Å². The molecule has 0 radical (unpaired) electrons. The molecular weight excluding hydrogens is 369 g/mol. The van der Waals surface area contributed by atoms with Crippen molar-refractivity contribution in [2.45, 2.75) is 26.3 Å². The molecule has 0 aliphatic carbocycles. The number of hydrogen-bond acceptors (Lipinski definition) is 7. The van der Waals surface area contributed by atoms with Crippen LogP contribution in [-0.4, -0.2) is 29.2 Å². The number of esters is 1. The van der Waals surface area contributed by atoms with E-state index in [-0.39, 0.29) is 17.8 Å². The summed E-state index contributed by atoms with van der Waals surface area (Å²) in [6.45, 7) is 4.47. The minimum Gasteiger partial charge on any atom is -0.493 e. The van der Waals surface area contributed by atoms with E-state index in [2.05, 4.69) is 15.3 Å². The van der Waals surface area contributed by atoms with Crippen molar-refractivity contribution in [3.05, 3.63) is 46.3 Å². The normalized spacial score (nSPS) is 15.9. The average Bonchev–Trinajstić information content (AvgIpc) is 3.00. The molecule has 1 aromatic carbocycles. The van der Waals surface area contributed by atoms with Crippen molar-refractivity contribution in [3.63, 3.8) is 0 Å². The van der Waals surface area contributed by atoms with Gasteiger partial charge in [-0.2, -0.15) is 0 Å². The van der Waals surface area contributed by atoms with Crippen LogP contribution in [0.1, 0.15) is 40.2 Å². The Kier molecular flexibility index (Phi) is 4.65. The Balaban J connectivity index is 1.74. The average molecular weight is 387 g/mol. The lowest BCUT2D eigenvalue weighted by molar-refractivity contribution is 0.0531. The number of nitrogens with zero attached hydrogens (tertiary/aromatic N) is 2. The van der Waals surface area contributed by atoms with Crippen LogP contribution in [0, 0.1) is 12.7 Å². The third-order valence-electron chi connectivity index (χ3n) is 4.51. The van der Waals surface area contributed by atoms with Crippen molar-refractivity contribution < 1.29 is 18.7 Å². The molecule has 0 saturated carbocycles. The van der Waals surface area contributed by atoms with Gasteiger partial charge >= 0.3 is 5.97 Å². The number of hydrogen-bond donors (Lipinski definition) is 1. The second-order valence-electron chi connectivity index (χ2n) is 6.20. The maximum atomic E-state index is 13.7. The minimum atomic E-state index is -0.359. The topological polar surface area (TPSA) is 73.3 Å². The fourth-order valence-corrected chi connectivity index (χ4v) is 4.30. The van der Waals surface area contributed by atoms with E-state index >= 15 is 0 Å². The van der Waals surface area contributed by atoms with Crippen molar-refractivity contribution in [1.82, 2.24) is 9.97 Å². The molecule has 27 heavy (non-hydrogen) atoms. The highest BCUT2D eigenvalue weighted by Gasteiger charge is 2.25. The second-order valence-corrected chi connectivity index (χ2v) is 7.19. The van der Waals surface area contributed by atoms with Gasteiger partial charge in [-0.1, -0.05) is 0 Å². The van der Waals surface area contributed by atoms with Crippen LogP contribution in [0.2, 0.25) is 0 Å². The summed E-state index contributed by atoms with van der Waals surface area (Å²) in [5, 5.41) is 4.18. The summed E-state index contributed by atoms with van der Waals surface area (Å²) < 4.78 is 24.5. The zero-order chi connectivity index (χ0) is 19.0. The highest BCUT2D eigenvalue weighted by Crippen LogP contribution is 2.38. The molecule has 2 aromatic heterocycles. The van der Waals surface area contributed by atoms with Crippen molar-refractivity contribution in [2.24, 2.45) is 0 Å². The van der Waals surface area contributed by atoms with E-state index in [0.717, 1.165) is 16.5 Å². The number of carbonyl (C=O) groups excluding carboxylic acids is 1. The SMILES string of the molecule is CCOC(=O)c1sc2ncnc(NC3CCOc4ccc(F)cc43)c2c1C. The number of halogens is 1. The molecule has 140 valence electrons. The molecular formula is C19H18FN3O3S. The Morgan fingerprint density at radius 2 is 2.30 bits per heavy atom. The summed E-state index contributed by atoms with van der Waals surface area (Å²) in [7, 11) is 0. The largest absolute Gasteiger partial charge is 0.493 e. The van der Waals surface area contributed by atoms with E-state index < -0.39 is 0 Å². The quantitative estimate of drug-likeness (QED) is 0.675. The van der Waals surface area contributed by atoms with Gasteiger partial charge in [-0.15, -0.1) is 11.3 Å². The molecule has 0 fully saturated rings. The third-order valence-corrected chi connectivity index (χ3v) is 5.69. The first-order chi connectivity index (χ1) is 13.1. The van der Waals surface area contributed by atoms with Gasteiger partial charge in [0.2, 0.25) is 0 Å². The summed E-state index contributed by atoms with van der Waals surface area (Å²) in [5.74, 6) is 0.615. The Labute approximate surface area is 159 Å². The number of benzene rings is 1. The van der Waals surface area contributed by atoms with Gasteiger partial charge in [-0.25, -0.2) is 19.2 Å². The van der Waals surface area contributed by atoms with Gasteiger partial charge in [0.05, 0.1) is 24.6 Å². The second kappa shape index (κ2) is 7.11. The van der Waals surface area contributed by atoms with Crippen molar-refractivity contribution in [1.29, 1.82) is 0 Å². The number of ether oxygens (including phenoxy) is 2. The summed E-state index contributed by atoms with van der Waals surface area (Å²) in [6, 6.07) is 4.37. The smallest absolute Gasteiger partial charge is 0.348 e. The Morgan fingerprint density at radius 1 is 1.44 bits per heavy atom. The lowest BCUT2D eigenvalue weighted by Gasteiger charge is -2.27. The maximum Gasteiger partial charge on any atom is 0.348 e. The fraction of sp³-hybridized carbons (Fsp3) is 0.316. The molecule has 1 unspecified atom stereocenters. The molecule has 1 atom stereocenters. The van der Waals surface area contributed by atoms with Gasteiger partial charge < -0.3 is 14.8 Å². The van der Waals surface area contributed by atoms with E-state index in [0.29, 0.717) is 40.9 Å².